The maximum absolute atomic E-state index is 11.4. The number of nitrogen functional groups attached to an aromatic ring is 1. The van der Waals surface area contributed by atoms with Gasteiger partial charge in [-0.15, -0.1) is 0 Å². The molecule has 0 aliphatic carbocycles. The molecule has 0 atom stereocenters. The van der Waals surface area contributed by atoms with Gasteiger partial charge in [0.2, 0.25) is 0 Å². The highest BCUT2D eigenvalue weighted by atomic mass is 35.5. The summed E-state index contributed by atoms with van der Waals surface area (Å²) in [7, 11) is 1.25. The zero-order chi connectivity index (χ0) is 12.8. The summed E-state index contributed by atoms with van der Waals surface area (Å²) in [5.41, 5.74) is 6.39. The van der Waals surface area contributed by atoms with E-state index in [1.54, 1.807) is 12.1 Å². The third-order valence-corrected chi connectivity index (χ3v) is 2.28. The lowest BCUT2D eigenvalue weighted by atomic mass is 10.2. The van der Waals surface area contributed by atoms with Crippen LogP contribution in [0.4, 0.5) is 5.69 Å². The summed E-state index contributed by atoms with van der Waals surface area (Å²) < 4.78 is 9.58. The first-order valence-electron chi connectivity index (χ1n) is 4.92. The molecule has 2 N–H and O–H groups in total. The molecule has 1 rings (SSSR count). The molecular weight excluding hydrogens is 244 g/mol. The number of ether oxygens (including phenoxy) is 2. The Morgan fingerprint density at radius 3 is 2.94 bits per heavy atom. The predicted molar refractivity (Wildman–Crippen MR) is 65.7 cm³/mol. The molecule has 1 heterocycles. The van der Waals surface area contributed by atoms with E-state index < -0.39 is 5.97 Å². The predicted octanol–water partition coefficient (Wildman–Crippen LogP) is 2.11. The second-order valence-corrected chi connectivity index (χ2v) is 3.43. The monoisotopic (exact) mass is 256 g/mol. The Kier molecular flexibility index (Phi) is 4.78. The Bertz CT molecular complexity index is 447. The smallest absolute Gasteiger partial charge is 0.358 e. The van der Waals surface area contributed by atoms with Crippen LogP contribution in [0.1, 0.15) is 23.1 Å². The second-order valence-electron chi connectivity index (χ2n) is 3.05. The van der Waals surface area contributed by atoms with E-state index in [0.717, 1.165) is 0 Å². The Balaban J connectivity index is 3.10. The van der Waals surface area contributed by atoms with Gasteiger partial charge in [0, 0.05) is 0 Å². The first-order valence-corrected chi connectivity index (χ1v) is 5.30. The summed E-state index contributed by atoms with van der Waals surface area (Å²) in [5.74, 6) is -0.631. The highest BCUT2D eigenvalue weighted by Gasteiger charge is 2.15. The van der Waals surface area contributed by atoms with Crippen molar-refractivity contribution in [2.45, 2.75) is 6.92 Å². The van der Waals surface area contributed by atoms with Crippen LogP contribution >= 0.6 is 11.6 Å². The molecule has 0 fully saturated rings. The van der Waals surface area contributed by atoms with Gasteiger partial charge in [-0.1, -0.05) is 11.6 Å². The highest BCUT2D eigenvalue weighted by Crippen LogP contribution is 2.24. The average molecular weight is 257 g/mol. The molecule has 0 amide bonds. The molecule has 5 nitrogen and oxygen atoms in total. The zero-order valence-electron chi connectivity index (χ0n) is 9.57. The summed E-state index contributed by atoms with van der Waals surface area (Å²) in [5, 5.41) is 0.0883. The fraction of sp³-hybridized carbons (Fsp3) is 0.273. The molecule has 0 aliphatic rings. The maximum atomic E-state index is 11.4. The minimum absolute atomic E-state index is 0.00897. The maximum Gasteiger partial charge on any atom is 0.358 e. The Labute approximate surface area is 104 Å². The number of pyridine rings is 1. The lowest BCUT2D eigenvalue weighted by Gasteiger charge is -2.05. The van der Waals surface area contributed by atoms with E-state index >= 15 is 0 Å². The minimum Gasteiger partial charge on any atom is -0.501 e. The number of nitrogens with zero attached hydrogens (tertiary/aromatic N) is 1. The van der Waals surface area contributed by atoms with Gasteiger partial charge in [0.1, 0.15) is 0 Å². The van der Waals surface area contributed by atoms with Gasteiger partial charge in [-0.05, 0) is 19.1 Å². The number of hydrogen-bond donors (Lipinski definition) is 1. The van der Waals surface area contributed by atoms with Crippen LogP contribution in [0.3, 0.4) is 0 Å². The van der Waals surface area contributed by atoms with Crippen molar-refractivity contribution in [3.05, 3.63) is 28.7 Å². The van der Waals surface area contributed by atoms with Crippen molar-refractivity contribution < 1.29 is 14.3 Å². The second kappa shape index (κ2) is 6.10. The third kappa shape index (κ3) is 3.35. The number of anilines is 1. The van der Waals surface area contributed by atoms with Crippen molar-refractivity contribution in [1.29, 1.82) is 0 Å². The largest absolute Gasteiger partial charge is 0.501 e. The van der Waals surface area contributed by atoms with Gasteiger partial charge in [-0.25, -0.2) is 9.78 Å². The first kappa shape index (κ1) is 13.3. The van der Waals surface area contributed by atoms with Crippen LogP contribution in [0.15, 0.2) is 12.3 Å². The standard InChI is InChI=1S/C11H13ClN2O3/c1-3-17-5-4-7-6-8(13)9(12)10(14-7)11(15)16-2/h4-6H,3H2,1-2H3,(H2,13,14). The van der Waals surface area contributed by atoms with E-state index in [4.69, 9.17) is 22.1 Å². The van der Waals surface area contributed by atoms with E-state index in [0.29, 0.717) is 12.3 Å². The zero-order valence-corrected chi connectivity index (χ0v) is 10.3. The molecule has 0 unspecified atom stereocenters. The van der Waals surface area contributed by atoms with E-state index in [2.05, 4.69) is 9.72 Å². The lowest BCUT2D eigenvalue weighted by molar-refractivity contribution is 0.0594. The number of rotatable bonds is 4. The molecule has 6 heteroatoms. The number of carbonyl (C=O) groups excluding carboxylic acids is 1. The van der Waals surface area contributed by atoms with E-state index in [1.807, 2.05) is 6.92 Å². The SMILES string of the molecule is CCOC=Cc1cc(N)c(Cl)c(C(=O)OC)n1. The van der Waals surface area contributed by atoms with Crippen molar-refractivity contribution in [3.63, 3.8) is 0 Å². The molecule has 0 saturated carbocycles. The van der Waals surface area contributed by atoms with Crippen LogP contribution in [0.25, 0.3) is 6.08 Å². The van der Waals surface area contributed by atoms with Crippen LogP contribution in [-0.2, 0) is 9.47 Å². The molecular formula is C11H13ClN2O3. The lowest BCUT2D eigenvalue weighted by Crippen LogP contribution is -2.08. The fourth-order valence-corrected chi connectivity index (χ4v) is 1.28. The van der Waals surface area contributed by atoms with Gasteiger partial charge >= 0.3 is 5.97 Å². The Morgan fingerprint density at radius 1 is 1.65 bits per heavy atom. The molecule has 1 aromatic heterocycles. The van der Waals surface area contributed by atoms with Crippen molar-refractivity contribution in [1.82, 2.24) is 4.98 Å². The molecule has 0 saturated heterocycles. The number of aromatic nitrogens is 1. The number of esters is 1. The fourth-order valence-electron chi connectivity index (χ4n) is 1.10. The number of carbonyl (C=O) groups is 1. The third-order valence-electron chi connectivity index (χ3n) is 1.89. The molecule has 0 aliphatic heterocycles. The summed E-state index contributed by atoms with van der Waals surface area (Å²) in [6.07, 6.45) is 3.05. The normalized spacial score (nSPS) is 10.5. The van der Waals surface area contributed by atoms with Crippen molar-refractivity contribution in [2.24, 2.45) is 0 Å². The van der Waals surface area contributed by atoms with Crippen LogP contribution in [0, 0.1) is 0 Å². The molecule has 17 heavy (non-hydrogen) atoms. The molecule has 92 valence electrons. The number of nitrogens with two attached hydrogens (primary N) is 1. The molecule has 0 spiro atoms. The summed E-state index contributed by atoms with van der Waals surface area (Å²) in [6, 6.07) is 1.55. The summed E-state index contributed by atoms with van der Waals surface area (Å²) in [6.45, 7) is 2.40. The molecule has 0 radical (unpaired) electrons. The van der Waals surface area contributed by atoms with E-state index in [9.17, 15) is 4.79 Å². The van der Waals surface area contributed by atoms with Crippen molar-refractivity contribution in [3.8, 4) is 0 Å². The highest BCUT2D eigenvalue weighted by molar-refractivity contribution is 6.35. The van der Waals surface area contributed by atoms with Crippen LogP contribution < -0.4 is 5.73 Å². The quantitative estimate of drug-likeness (QED) is 0.660. The van der Waals surface area contributed by atoms with Gasteiger partial charge in [-0.3, -0.25) is 0 Å². The minimum atomic E-state index is -0.631. The summed E-state index contributed by atoms with van der Waals surface area (Å²) >= 11 is 5.86. The van der Waals surface area contributed by atoms with Gasteiger partial charge in [0.15, 0.2) is 5.69 Å². The van der Waals surface area contributed by atoms with Crippen molar-refractivity contribution >= 4 is 29.3 Å². The van der Waals surface area contributed by atoms with Crippen LogP contribution in [-0.4, -0.2) is 24.7 Å². The average Bonchev–Trinajstić information content (AvgIpc) is 2.32. The van der Waals surface area contributed by atoms with Crippen LogP contribution in [0.5, 0.6) is 0 Å². The molecule has 0 aromatic carbocycles. The van der Waals surface area contributed by atoms with Gasteiger partial charge in [0.05, 0.1) is 36.4 Å². The first-order chi connectivity index (χ1) is 8.10. The molecule has 0 bridgehead atoms. The Hall–Kier alpha value is -1.75. The number of halogens is 1. The number of hydrogen-bond acceptors (Lipinski definition) is 5. The van der Waals surface area contributed by atoms with E-state index in [1.165, 1.54) is 13.4 Å². The van der Waals surface area contributed by atoms with E-state index in [-0.39, 0.29) is 16.4 Å². The topological polar surface area (TPSA) is 74.4 Å². The van der Waals surface area contributed by atoms with Crippen molar-refractivity contribution in [2.75, 3.05) is 19.5 Å². The molecule has 1 aromatic rings. The Morgan fingerprint density at radius 2 is 2.35 bits per heavy atom. The van der Waals surface area contributed by atoms with Gasteiger partial charge < -0.3 is 15.2 Å². The summed E-state index contributed by atoms with van der Waals surface area (Å²) in [4.78, 5) is 15.4. The van der Waals surface area contributed by atoms with Gasteiger partial charge in [-0.2, -0.15) is 0 Å². The van der Waals surface area contributed by atoms with Gasteiger partial charge in [0.25, 0.3) is 0 Å². The number of methoxy groups -OCH3 is 1. The van der Waals surface area contributed by atoms with Crippen LogP contribution in [0.2, 0.25) is 5.02 Å².